The van der Waals surface area contributed by atoms with Crippen LogP contribution in [0.15, 0.2) is 16.6 Å². The molecule has 2 rings (SSSR count). The van der Waals surface area contributed by atoms with Gasteiger partial charge in [-0.05, 0) is 24.1 Å². The van der Waals surface area contributed by atoms with Gasteiger partial charge in [-0.1, -0.05) is 12.2 Å². The topological polar surface area (TPSA) is 30.2 Å². The maximum absolute atomic E-state index is 10.7. The zero-order chi connectivity index (χ0) is 8.55. The highest BCUT2D eigenvalue weighted by Gasteiger charge is 2.14. The molecule has 12 heavy (non-hydrogen) atoms. The van der Waals surface area contributed by atoms with Gasteiger partial charge in [-0.2, -0.15) is 0 Å². The first-order chi connectivity index (χ1) is 5.77. The minimum absolute atomic E-state index is 0.244. The number of furan rings is 1. The molecule has 3 heteroatoms. The van der Waals surface area contributed by atoms with Crippen molar-refractivity contribution in [3.8, 4) is 0 Å². The van der Waals surface area contributed by atoms with E-state index in [4.69, 9.17) is 16.0 Å². The van der Waals surface area contributed by atoms with Gasteiger partial charge in [0.05, 0.1) is 0 Å². The molecule has 1 aromatic heterocycles. The Bertz CT molecular complexity index is 349. The molecular weight excluding hydrogens is 176 g/mol. The predicted octanol–water partition coefficient (Wildman–Crippen LogP) is 2.62. The highest BCUT2D eigenvalue weighted by atomic mass is 35.5. The van der Waals surface area contributed by atoms with Gasteiger partial charge in [0.2, 0.25) is 0 Å². The second kappa shape index (κ2) is 2.79. The van der Waals surface area contributed by atoms with E-state index in [-0.39, 0.29) is 5.76 Å². The summed E-state index contributed by atoms with van der Waals surface area (Å²) in [5.74, 6) is 1.11. The number of hydrogen-bond donors (Lipinski definition) is 0. The number of rotatable bonds is 1. The summed E-state index contributed by atoms with van der Waals surface area (Å²) in [6.45, 7) is 0. The van der Waals surface area contributed by atoms with Crippen molar-refractivity contribution in [3.05, 3.63) is 29.2 Å². The van der Waals surface area contributed by atoms with E-state index in [1.807, 2.05) is 6.08 Å². The average molecular weight is 183 g/mol. The van der Waals surface area contributed by atoms with Gasteiger partial charge in [0.15, 0.2) is 5.76 Å². The Morgan fingerprint density at radius 1 is 1.58 bits per heavy atom. The predicted molar refractivity (Wildman–Crippen MR) is 46.2 cm³/mol. The smallest absolute Gasteiger partial charge is 0.287 e. The molecule has 1 aliphatic rings. The highest BCUT2D eigenvalue weighted by Crippen LogP contribution is 2.23. The van der Waals surface area contributed by atoms with E-state index in [2.05, 4.69) is 6.08 Å². The molecule has 1 heterocycles. The average Bonchev–Trinajstić information content (AvgIpc) is 2.46. The van der Waals surface area contributed by atoms with E-state index in [1.165, 1.54) is 0 Å². The third-order valence-electron chi connectivity index (χ3n) is 1.87. The van der Waals surface area contributed by atoms with E-state index < -0.39 is 5.24 Å². The lowest BCUT2D eigenvalue weighted by atomic mass is 10.1. The SMILES string of the molecule is O=C(Cl)c1cc2c(o1)CCC=C2. The van der Waals surface area contributed by atoms with Crippen LogP contribution in [0, 0.1) is 0 Å². The van der Waals surface area contributed by atoms with E-state index in [1.54, 1.807) is 6.07 Å². The molecule has 0 spiro atoms. The lowest BCUT2D eigenvalue weighted by molar-refractivity contribution is 0.105. The number of halogens is 1. The van der Waals surface area contributed by atoms with Crippen LogP contribution in [0.4, 0.5) is 0 Å². The van der Waals surface area contributed by atoms with Gasteiger partial charge in [-0.15, -0.1) is 0 Å². The third kappa shape index (κ3) is 1.18. The summed E-state index contributed by atoms with van der Waals surface area (Å²) >= 11 is 5.27. The van der Waals surface area contributed by atoms with E-state index in [0.717, 1.165) is 24.2 Å². The Morgan fingerprint density at radius 3 is 3.08 bits per heavy atom. The summed E-state index contributed by atoms with van der Waals surface area (Å²) < 4.78 is 5.23. The highest BCUT2D eigenvalue weighted by molar-refractivity contribution is 6.67. The van der Waals surface area contributed by atoms with E-state index >= 15 is 0 Å². The number of carbonyl (C=O) groups excluding carboxylic acids is 1. The van der Waals surface area contributed by atoms with E-state index in [9.17, 15) is 4.79 Å². The van der Waals surface area contributed by atoms with Crippen molar-refractivity contribution in [3.63, 3.8) is 0 Å². The second-order valence-electron chi connectivity index (χ2n) is 2.70. The molecule has 0 fully saturated rings. The molecule has 0 atom stereocenters. The lowest BCUT2D eigenvalue weighted by Gasteiger charge is -2.00. The monoisotopic (exact) mass is 182 g/mol. The number of fused-ring (bicyclic) bond motifs is 1. The molecule has 0 aliphatic heterocycles. The Morgan fingerprint density at radius 2 is 2.42 bits per heavy atom. The first kappa shape index (κ1) is 7.62. The molecule has 0 amide bonds. The van der Waals surface area contributed by atoms with Crippen LogP contribution in [0.2, 0.25) is 0 Å². The maximum atomic E-state index is 10.7. The molecule has 62 valence electrons. The molecule has 0 unspecified atom stereocenters. The van der Waals surface area contributed by atoms with Crippen molar-refractivity contribution in [2.75, 3.05) is 0 Å². The first-order valence-electron chi connectivity index (χ1n) is 3.76. The summed E-state index contributed by atoms with van der Waals surface area (Å²) in [5.41, 5.74) is 0.977. The van der Waals surface area contributed by atoms with Crippen LogP contribution in [0.3, 0.4) is 0 Å². The summed E-state index contributed by atoms with van der Waals surface area (Å²) in [7, 11) is 0. The molecule has 0 radical (unpaired) electrons. The van der Waals surface area contributed by atoms with Gasteiger partial charge in [0.1, 0.15) is 5.76 Å². The summed E-state index contributed by atoms with van der Waals surface area (Å²) in [6, 6.07) is 1.68. The molecule has 0 N–H and O–H groups in total. The summed E-state index contributed by atoms with van der Waals surface area (Å²) in [4.78, 5) is 10.7. The van der Waals surface area contributed by atoms with Crippen molar-refractivity contribution < 1.29 is 9.21 Å². The van der Waals surface area contributed by atoms with Crippen LogP contribution in [-0.2, 0) is 6.42 Å². The van der Waals surface area contributed by atoms with Gasteiger partial charge in [-0.3, -0.25) is 4.79 Å². The summed E-state index contributed by atoms with van der Waals surface area (Å²) in [6.07, 6.45) is 5.83. The minimum Gasteiger partial charge on any atom is -0.456 e. The first-order valence-corrected chi connectivity index (χ1v) is 4.14. The fourth-order valence-electron chi connectivity index (χ4n) is 1.30. The van der Waals surface area contributed by atoms with Crippen molar-refractivity contribution in [2.45, 2.75) is 12.8 Å². The Balaban J connectivity index is 2.46. The number of hydrogen-bond acceptors (Lipinski definition) is 2. The molecule has 2 nitrogen and oxygen atoms in total. The van der Waals surface area contributed by atoms with Crippen LogP contribution in [-0.4, -0.2) is 5.24 Å². The molecular formula is C9H7ClO2. The molecule has 0 bridgehead atoms. The van der Waals surface area contributed by atoms with Gasteiger partial charge in [-0.25, -0.2) is 0 Å². The van der Waals surface area contributed by atoms with Crippen molar-refractivity contribution in [1.29, 1.82) is 0 Å². The third-order valence-corrected chi connectivity index (χ3v) is 2.06. The standard InChI is InChI=1S/C9H7ClO2/c10-9(11)8-5-6-3-1-2-4-7(6)12-8/h1,3,5H,2,4H2. The molecule has 1 aromatic rings. The van der Waals surface area contributed by atoms with Crippen LogP contribution in [0.5, 0.6) is 0 Å². The van der Waals surface area contributed by atoms with Gasteiger partial charge in [0, 0.05) is 12.0 Å². The second-order valence-corrected chi connectivity index (χ2v) is 3.05. The fraction of sp³-hybridized carbons (Fsp3) is 0.222. The fourth-order valence-corrected chi connectivity index (χ4v) is 1.39. The quantitative estimate of drug-likeness (QED) is 0.625. The number of carbonyl (C=O) groups is 1. The Kier molecular flexibility index (Phi) is 1.77. The Labute approximate surface area is 74.8 Å². The van der Waals surface area contributed by atoms with Crippen molar-refractivity contribution in [2.24, 2.45) is 0 Å². The Hall–Kier alpha value is -1.02. The number of allylic oxidation sites excluding steroid dienone is 1. The largest absolute Gasteiger partial charge is 0.456 e. The van der Waals surface area contributed by atoms with Crippen LogP contribution < -0.4 is 0 Å². The maximum Gasteiger partial charge on any atom is 0.287 e. The van der Waals surface area contributed by atoms with Gasteiger partial charge in [0.25, 0.3) is 5.24 Å². The molecule has 0 saturated heterocycles. The van der Waals surface area contributed by atoms with Crippen LogP contribution >= 0.6 is 11.6 Å². The van der Waals surface area contributed by atoms with Crippen molar-refractivity contribution >= 4 is 22.9 Å². The number of aryl methyl sites for hydroxylation is 1. The zero-order valence-corrected chi connectivity index (χ0v) is 7.10. The zero-order valence-electron chi connectivity index (χ0n) is 6.34. The summed E-state index contributed by atoms with van der Waals surface area (Å²) in [5, 5.41) is -0.530. The normalized spacial score (nSPS) is 14.4. The van der Waals surface area contributed by atoms with Gasteiger partial charge >= 0.3 is 0 Å². The molecule has 0 saturated carbocycles. The molecule has 0 aromatic carbocycles. The minimum atomic E-state index is -0.530. The van der Waals surface area contributed by atoms with Gasteiger partial charge < -0.3 is 4.42 Å². The lowest BCUT2D eigenvalue weighted by Crippen LogP contribution is -1.87. The van der Waals surface area contributed by atoms with Crippen molar-refractivity contribution in [1.82, 2.24) is 0 Å². The van der Waals surface area contributed by atoms with E-state index in [0.29, 0.717) is 0 Å². The van der Waals surface area contributed by atoms with Crippen LogP contribution in [0.25, 0.3) is 6.08 Å². The molecule has 1 aliphatic carbocycles. The van der Waals surface area contributed by atoms with Crippen LogP contribution in [0.1, 0.15) is 28.3 Å².